The number of Topliss-reactive ketones (excluding diaryl/α,β-unsaturated/α-hetero) is 1. The highest BCUT2D eigenvalue weighted by molar-refractivity contribution is 6.00. The zero-order valence-corrected chi connectivity index (χ0v) is 14.1. The van der Waals surface area contributed by atoms with Crippen LogP contribution in [-0.4, -0.2) is 34.9 Å². The number of hydrogen-bond donors (Lipinski definition) is 1. The molecule has 0 aromatic heterocycles. The first-order valence-electron chi connectivity index (χ1n) is 8.71. The zero-order chi connectivity index (χ0) is 16.9. The molecular weight excluding hydrogens is 298 g/mol. The number of hydrogen-bond acceptors (Lipinski definition) is 3. The predicted octanol–water partition coefficient (Wildman–Crippen LogP) is 3.85. The fourth-order valence-corrected chi connectivity index (χ4v) is 3.67. The molecule has 2 aromatic rings. The molecule has 0 bridgehead atoms. The minimum Gasteiger partial charge on any atom is -0.388 e. The summed E-state index contributed by atoms with van der Waals surface area (Å²) in [5, 5.41) is 10.5. The number of nitrogens with zero attached hydrogens (tertiary/aromatic N) is 1. The van der Waals surface area contributed by atoms with Gasteiger partial charge in [0.1, 0.15) is 0 Å². The van der Waals surface area contributed by atoms with Crippen LogP contribution in [0.15, 0.2) is 60.7 Å². The molecule has 2 aromatic carbocycles. The Kier molecular flexibility index (Phi) is 5.44. The van der Waals surface area contributed by atoms with Gasteiger partial charge in [0.15, 0.2) is 5.78 Å². The molecule has 24 heavy (non-hydrogen) atoms. The minimum absolute atomic E-state index is 0.0888. The quantitative estimate of drug-likeness (QED) is 0.850. The standard InChI is InChI=1S/C21H25NO2/c1-22-18(15-20(23)16-9-4-2-5-10-16)13-8-14-19(22)21(24)17-11-6-3-7-12-17/h2-7,9-12,18-20,23H,8,13-15H2,1H3/t18-,19+,20-/m0/s1. The fraction of sp³-hybridized carbons (Fsp3) is 0.381. The summed E-state index contributed by atoms with van der Waals surface area (Å²) in [5.41, 5.74) is 1.72. The van der Waals surface area contributed by atoms with E-state index in [-0.39, 0.29) is 17.9 Å². The van der Waals surface area contributed by atoms with E-state index < -0.39 is 6.10 Å². The van der Waals surface area contributed by atoms with E-state index >= 15 is 0 Å². The van der Waals surface area contributed by atoms with Crippen molar-refractivity contribution >= 4 is 5.78 Å². The van der Waals surface area contributed by atoms with Gasteiger partial charge < -0.3 is 5.11 Å². The van der Waals surface area contributed by atoms with Crippen LogP contribution in [0, 0.1) is 0 Å². The number of likely N-dealkylation sites (tertiary alicyclic amines) is 1. The summed E-state index contributed by atoms with van der Waals surface area (Å²) in [6, 6.07) is 19.4. The third-order valence-electron chi connectivity index (χ3n) is 5.12. The van der Waals surface area contributed by atoms with Gasteiger partial charge in [-0.15, -0.1) is 0 Å². The summed E-state index contributed by atoms with van der Waals surface area (Å²) in [4.78, 5) is 15.0. The van der Waals surface area contributed by atoms with Crippen molar-refractivity contribution in [3.8, 4) is 0 Å². The number of aliphatic hydroxyl groups excluding tert-OH is 1. The Hall–Kier alpha value is -1.97. The number of benzene rings is 2. The van der Waals surface area contributed by atoms with Gasteiger partial charge in [0.05, 0.1) is 12.1 Å². The van der Waals surface area contributed by atoms with Gasteiger partial charge in [0, 0.05) is 11.6 Å². The highest BCUT2D eigenvalue weighted by atomic mass is 16.3. The molecule has 1 heterocycles. The van der Waals surface area contributed by atoms with Crippen molar-refractivity contribution in [2.75, 3.05) is 7.05 Å². The average Bonchev–Trinajstić information content (AvgIpc) is 2.64. The maximum Gasteiger partial charge on any atom is 0.179 e. The summed E-state index contributed by atoms with van der Waals surface area (Å²) < 4.78 is 0. The van der Waals surface area contributed by atoms with Crippen molar-refractivity contribution in [1.82, 2.24) is 4.90 Å². The molecule has 1 fully saturated rings. The summed E-state index contributed by atoms with van der Waals surface area (Å²) >= 11 is 0. The molecule has 1 saturated heterocycles. The van der Waals surface area contributed by atoms with Crippen LogP contribution in [0.4, 0.5) is 0 Å². The van der Waals surface area contributed by atoms with E-state index in [4.69, 9.17) is 0 Å². The molecule has 1 aliphatic rings. The van der Waals surface area contributed by atoms with Gasteiger partial charge in [-0.05, 0) is 38.3 Å². The van der Waals surface area contributed by atoms with Crippen molar-refractivity contribution in [1.29, 1.82) is 0 Å². The van der Waals surface area contributed by atoms with E-state index in [1.54, 1.807) is 0 Å². The molecule has 3 heteroatoms. The average molecular weight is 323 g/mol. The molecule has 1 N–H and O–H groups in total. The Balaban J connectivity index is 1.69. The van der Waals surface area contributed by atoms with Crippen molar-refractivity contribution in [3.63, 3.8) is 0 Å². The van der Waals surface area contributed by atoms with Crippen molar-refractivity contribution < 1.29 is 9.90 Å². The van der Waals surface area contributed by atoms with Gasteiger partial charge in [-0.2, -0.15) is 0 Å². The second-order valence-electron chi connectivity index (χ2n) is 6.66. The topological polar surface area (TPSA) is 40.5 Å². The number of piperidine rings is 1. The molecule has 0 saturated carbocycles. The van der Waals surface area contributed by atoms with E-state index in [9.17, 15) is 9.90 Å². The molecule has 3 atom stereocenters. The van der Waals surface area contributed by atoms with E-state index in [0.29, 0.717) is 6.42 Å². The first-order chi connectivity index (χ1) is 11.7. The van der Waals surface area contributed by atoms with Gasteiger partial charge in [-0.1, -0.05) is 60.7 Å². The van der Waals surface area contributed by atoms with Gasteiger partial charge in [0.25, 0.3) is 0 Å². The summed E-state index contributed by atoms with van der Waals surface area (Å²) in [7, 11) is 2.02. The molecule has 0 unspecified atom stereocenters. The van der Waals surface area contributed by atoms with Gasteiger partial charge >= 0.3 is 0 Å². The lowest BCUT2D eigenvalue weighted by atomic mass is 9.88. The third-order valence-corrected chi connectivity index (χ3v) is 5.12. The molecule has 0 amide bonds. The third kappa shape index (κ3) is 3.74. The van der Waals surface area contributed by atoms with Crippen LogP contribution in [0.25, 0.3) is 0 Å². The fourth-order valence-electron chi connectivity index (χ4n) is 3.67. The second-order valence-corrected chi connectivity index (χ2v) is 6.66. The van der Waals surface area contributed by atoms with Gasteiger partial charge in [0.2, 0.25) is 0 Å². The number of rotatable bonds is 5. The Labute approximate surface area is 143 Å². The second kappa shape index (κ2) is 7.73. The molecule has 0 spiro atoms. The Bertz CT molecular complexity index is 656. The lowest BCUT2D eigenvalue weighted by Gasteiger charge is -2.39. The van der Waals surface area contributed by atoms with Crippen LogP contribution in [-0.2, 0) is 0 Å². The van der Waals surface area contributed by atoms with Crippen LogP contribution >= 0.6 is 0 Å². The van der Waals surface area contributed by atoms with Crippen LogP contribution in [0.1, 0.15) is 47.7 Å². The molecule has 0 radical (unpaired) electrons. The van der Waals surface area contributed by atoms with Crippen LogP contribution in [0.5, 0.6) is 0 Å². The minimum atomic E-state index is -0.482. The predicted molar refractivity (Wildman–Crippen MR) is 96.0 cm³/mol. The lowest BCUT2D eigenvalue weighted by molar-refractivity contribution is 0.0499. The monoisotopic (exact) mass is 323 g/mol. The smallest absolute Gasteiger partial charge is 0.179 e. The Morgan fingerprint density at radius 2 is 1.71 bits per heavy atom. The number of carbonyl (C=O) groups is 1. The zero-order valence-electron chi connectivity index (χ0n) is 14.1. The van der Waals surface area contributed by atoms with E-state index in [1.807, 2.05) is 67.7 Å². The Morgan fingerprint density at radius 3 is 2.38 bits per heavy atom. The highest BCUT2D eigenvalue weighted by Gasteiger charge is 2.33. The summed E-state index contributed by atoms with van der Waals surface area (Å²) in [6.45, 7) is 0. The number of ketones is 1. The summed E-state index contributed by atoms with van der Waals surface area (Å²) in [6.07, 6.45) is 3.13. The number of carbonyl (C=O) groups excluding carboxylic acids is 1. The maximum atomic E-state index is 12.8. The SMILES string of the molecule is CN1[C@H](C[C@H](O)c2ccccc2)CCC[C@@H]1C(=O)c1ccccc1. The molecule has 126 valence electrons. The van der Waals surface area contributed by atoms with Crippen molar-refractivity contribution in [3.05, 3.63) is 71.8 Å². The largest absolute Gasteiger partial charge is 0.388 e. The number of aliphatic hydroxyl groups is 1. The van der Waals surface area contributed by atoms with Gasteiger partial charge in [-0.3, -0.25) is 9.69 Å². The molecule has 0 aliphatic carbocycles. The molecule has 1 aliphatic heterocycles. The first kappa shape index (κ1) is 16.9. The van der Waals surface area contributed by atoms with Crippen LogP contribution < -0.4 is 0 Å². The van der Waals surface area contributed by atoms with Crippen LogP contribution in [0.2, 0.25) is 0 Å². The molecule has 3 nitrogen and oxygen atoms in total. The number of likely N-dealkylation sites (N-methyl/N-ethyl adjacent to an activating group) is 1. The van der Waals surface area contributed by atoms with Crippen molar-refractivity contribution in [2.45, 2.75) is 43.9 Å². The van der Waals surface area contributed by atoms with Crippen molar-refractivity contribution in [2.24, 2.45) is 0 Å². The first-order valence-corrected chi connectivity index (χ1v) is 8.71. The lowest BCUT2D eigenvalue weighted by Crippen LogP contribution is -2.48. The molecule has 3 rings (SSSR count). The van der Waals surface area contributed by atoms with Crippen LogP contribution in [0.3, 0.4) is 0 Å². The summed E-state index contributed by atoms with van der Waals surface area (Å²) in [5.74, 6) is 0.192. The Morgan fingerprint density at radius 1 is 1.08 bits per heavy atom. The maximum absolute atomic E-state index is 12.8. The van der Waals surface area contributed by atoms with Gasteiger partial charge in [-0.25, -0.2) is 0 Å². The van der Waals surface area contributed by atoms with E-state index in [2.05, 4.69) is 4.90 Å². The highest BCUT2D eigenvalue weighted by Crippen LogP contribution is 2.30. The van der Waals surface area contributed by atoms with E-state index in [0.717, 1.165) is 30.4 Å². The molecular formula is C21H25NO2. The normalized spacial score (nSPS) is 22.9. The van der Waals surface area contributed by atoms with E-state index in [1.165, 1.54) is 0 Å².